The zero-order chi connectivity index (χ0) is 4.50. The van der Waals surface area contributed by atoms with E-state index in [2.05, 4.69) is 0 Å². The summed E-state index contributed by atoms with van der Waals surface area (Å²) in [5.74, 6) is 0. The Kier molecular flexibility index (Phi) is 6.30. The van der Waals surface area contributed by atoms with Gasteiger partial charge in [-0.3, -0.25) is 0 Å². The Morgan fingerprint density at radius 2 is 1.17 bits per heavy atom. The van der Waals surface area contributed by atoms with E-state index < -0.39 is 5.60 Å². The molecule has 0 rings (SSSR count). The molecule has 2 heteroatoms. The summed E-state index contributed by atoms with van der Waals surface area (Å²) in [7, 11) is 0. The van der Waals surface area contributed by atoms with Crippen LogP contribution >= 0.6 is 0 Å². The van der Waals surface area contributed by atoms with Crippen molar-refractivity contribution in [2.45, 2.75) is 26.4 Å². The van der Waals surface area contributed by atoms with Gasteiger partial charge in [0.25, 0.3) is 0 Å². The predicted octanol–water partition coefficient (Wildman–Crippen LogP) is 0.129. The van der Waals surface area contributed by atoms with Gasteiger partial charge in [-0.2, -0.15) is 0 Å². The summed E-state index contributed by atoms with van der Waals surface area (Å²) in [5, 5.41) is 8.52. The minimum absolute atomic E-state index is 0. The number of hydrogen-bond acceptors (Lipinski definition) is 1. The quantitative estimate of drug-likeness (QED) is 0.444. The average Bonchev–Trinajstić information content (AvgIpc) is 0.722. The first-order valence-electron chi connectivity index (χ1n) is 1.72. The van der Waals surface area contributed by atoms with Gasteiger partial charge in [-0.05, 0) is 20.8 Å². The Morgan fingerprint density at radius 1 is 1.17 bits per heavy atom. The van der Waals surface area contributed by atoms with Crippen molar-refractivity contribution in [2.24, 2.45) is 0 Å². The zero-order valence-electron chi connectivity index (χ0n) is 3.95. The van der Waals surface area contributed by atoms with Gasteiger partial charge in [0.15, 0.2) is 0 Å². The van der Waals surface area contributed by atoms with Crippen LogP contribution in [0.3, 0.4) is 0 Å². The molecule has 34 valence electrons. The van der Waals surface area contributed by atoms with Crippen LogP contribution in [-0.2, 0) is 0 Å². The van der Waals surface area contributed by atoms with Crippen LogP contribution in [-0.4, -0.2) is 62.1 Å². The molecule has 0 spiro atoms. The second kappa shape index (κ2) is 3.58. The van der Waals surface area contributed by atoms with Crippen molar-refractivity contribution in [2.75, 3.05) is 0 Å². The van der Waals surface area contributed by atoms with Gasteiger partial charge in [0.05, 0.1) is 5.60 Å². The van der Waals surface area contributed by atoms with Gasteiger partial charge in [0, 0.05) is 0 Å². The molecular weight excluding hydrogens is 103 g/mol. The third kappa shape index (κ3) is 46.4. The Morgan fingerprint density at radius 3 is 1.17 bits per heavy atom. The molecule has 0 saturated carbocycles. The summed E-state index contributed by atoms with van der Waals surface area (Å²) in [4.78, 5) is 0. The standard InChI is InChI=1S/C4H10O.K.H/c1-4(2,3)5;;/h5H,1-3H3;;. The molecule has 6 heavy (non-hydrogen) atoms. The molecule has 0 radical (unpaired) electrons. The van der Waals surface area contributed by atoms with Gasteiger partial charge in [-0.1, -0.05) is 0 Å². The fourth-order valence-corrected chi connectivity index (χ4v) is 0. The van der Waals surface area contributed by atoms with Crippen LogP contribution in [0.25, 0.3) is 0 Å². The van der Waals surface area contributed by atoms with Gasteiger partial charge < -0.3 is 5.11 Å². The molecule has 0 aromatic carbocycles. The summed E-state index contributed by atoms with van der Waals surface area (Å²) < 4.78 is 0. The minimum atomic E-state index is -0.500. The normalized spacial score (nSPS) is 10.0. The van der Waals surface area contributed by atoms with Crippen LogP contribution < -0.4 is 0 Å². The molecule has 0 aliphatic heterocycles. The fourth-order valence-electron chi connectivity index (χ4n) is 0. The van der Waals surface area contributed by atoms with Crippen molar-refractivity contribution in [3.05, 3.63) is 0 Å². The summed E-state index contributed by atoms with van der Waals surface area (Å²) in [6.07, 6.45) is 0. The van der Waals surface area contributed by atoms with E-state index in [0.717, 1.165) is 0 Å². The van der Waals surface area contributed by atoms with Crippen molar-refractivity contribution in [1.29, 1.82) is 0 Å². The van der Waals surface area contributed by atoms with Crippen LogP contribution in [0.1, 0.15) is 20.8 Å². The molecule has 1 nitrogen and oxygen atoms in total. The first-order valence-corrected chi connectivity index (χ1v) is 1.72. The molecule has 0 atom stereocenters. The second-order valence-electron chi connectivity index (χ2n) is 2.17. The van der Waals surface area contributed by atoms with Crippen molar-refractivity contribution < 1.29 is 5.11 Å². The van der Waals surface area contributed by atoms with Crippen LogP contribution in [0.4, 0.5) is 0 Å². The van der Waals surface area contributed by atoms with E-state index in [1.54, 1.807) is 20.8 Å². The molecule has 0 bridgehead atoms. The number of aliphatic hydroxyl groups is 1. The van der Waals surface area contributed by atoms with Crippen LogP contribution in [0, 0.1) is 0 Å². The zero-order valence-corrected chi connectivity index (χ0v) is 3.95. The average molecular weight is 114 g/mol. The van der Waals surface area contributed by atoms with E-state index in [0.29, 0.717) is 0 Å². The molecule has 0 heterocycles. The molecule has 0 aliphatic carbocycles. The first-order chi connectivity index (χ1) is 2.00. The van der Waals surface area contributed by atoms with Gasteiger partial charge in [-0.25, -0.2) is 0 Å². The van der Waals surface area contributed by atoms with E-state index in [-0.39, 0.29) is 51.4 Å². The Labute approximate surface area is 81.6 Å². The third-order valence-corrected chi connectivity index (χ3v) is 0. The van der Waals surface area contributed by atoms with Crippen LogP contribution in [0.5, 0.6) is 0 Å². The van der Waals surface area contributed by atoms with Gasteiger partial charge in [0.2, 0.25) is 0 Å². The molecule has 0 unspecified atom stereocenters. The third-order valence-electron chi connectivity index (χ3n) is 0. The van der Waals surface area contributed by atoms with Crippen molar-refractivity contribution >= 4 is 51.4 Å². The molecule has 0 amide bonds. The Bertz CT molecular complexity index is 23.0. The van der Waals surface area contributed by atoms with E-state index in [9.17, 15) is 0 Å². The first kappa shape index (κ1) is 10.6. The van der Waals surface area contributed by atoms with E-state index >= 15 is 0 Å². The second-order valence-corrected chi connectivity index (χ2v) is 2.17. The summed E-state index contributed by atoms with van der Waals surface area (Å²) in [6, 6.07) is 0. The Hall–Kier alpha value is 1.60. The van der Waals surface area contributed by atoms with E-state index in [1.165, 1.54) is 0 Å². The van der Waals surface area contributed by atoms with Crippen LogP contribution in [0.15, 0.2) is 0 Å². The van der Waals surface area contributed by atoms with Crippen LogP contribution in [0.2, 0.25) is 0 Å². The van der Waals surface area contributed by atoms with Gasteiger partial charge in [-0.15, -0.1) is 0 Å². The molecule has 1 N–H and O–H groups in total. The maximum absolute atomic E-state index is 8.52. The van der Waals surface area contributed by atoms with E-state index in [1.807, 2.05) is 0 Å². The summed E-state index contributed by atoms with van der Waals surface area (Å²) in [6.45, 7) is 5.23. The Balaban J connectivity index is 0. The maximum atomic E-state index is 8.52. The summed E-state index contributed by atoms with van der Waals surface area (Å²) >= 11 is 0. The van der Waals surface area contributed by atoms with Crippen molar-refractivity contribution in [3.8, 4) is 0 Å². The molecule has 0 aliphatic rings. The molecule has 0 aromatic rings. The molecule has 0 saturated heterocycles. The molecular formula is C4H11KO. The number of rotatable bonds is 0. The van der Waals surface area contributed by atoms with Gasteiger partial charge in [0.1, 0.15) is 0 Å². The number of hydrogen-bond donors (Lipinski definition) is 1. The SMILES string of the molecule is CC(C)(C)O.[KH]. The topological polar surface area (TPSA) is 20.2 Å². The monoisotopic (exact) mass is 114 g/mol. The fraction of sp³-hybridized carbons (Fsp3) is 1.00. The molecule has 0 aromatic heterocycles. The van der Waals surface area contributed by atoms with Crippen molar-refractivity contribution in [1.82, 2.24) is 0 Å². The summed E-state index contributed by atoms with van der Waals surface area (Å²) in [5.41, 5.74) is -0.500. The van der Waals surface area contributed by atoms with E-state index in [4.69, 9.17) is 5.11 Å². The van der Waals surface area contributed by atoms with Crippen molar-refractivity contribution in [3.63, 3.8) is 0 Å². The predicted molar refractivity (Wildman–Crippen MR) is 29.1 cm³/mol. The molecule has 0 fully saturated rings. The van der Waals surface area contributed by atoms with Gasteiger partial charge >= 0.3 is 51.4 Å².